The fourth-order valence-electron chi connectivity index (χ4n) is 5.42. The molecule has 0 saturated heterocycles. The van der Waals surface area contributed by atoms with Gasteiger partial charge in [-0.1, -0.05) is 59.6 Å². The Morgan fingerprint density at radius 1 is 0.766 bits per heavy atom. The molecule has 0 fully saturated rings. The number of aromatic amines is 2. The molecule has 0 aliphatic carbocycles. The van der Waals surface area contributed by atoms with Crippen molar-refractivity contribution < 1.29 is 0 Å². The third-order valence-corrected chi connectivity index (χ3v) is 10.1. The van der Waals surface area contributed by atoms with Crippen molar-refractivity contribution >= 4 is 54.7 Å². The molecule has 0 amide bonds. The van der Waals surface area contributed by atoms with Gasteiger partial charge in [-0.25, -0.2) is 19.9 Å². The molecule has 0 saturated carbocycles. The van der Waals surface area contributed by atoms with E-state index >= 15 is 0 Å². The molecule has 0 aliphatic rings. The minimum atomic E-state index is -0.163. The number of nitrogens with one attached hydrogen (secondary N) is 2. The molecule has 234 valence electrons. The van der Waals surface area contributed by atoms with Gasteiger partial charge in [0, 0.05) is 70.9 Å². The first-order valence-corrected chi connectivity index (χ1v) is 16.6. The lowest BCUT2D eigenvalue weighted by molar-refractivity contribution is 0.907. The van der Waals surface area contributed by atoms with Crippen LogP contribution in [-0.4, -0.2) is 39.0 Å². The van der Waals surface area contributed by atoms with Gasteiger partial charge in [0.15, 0.2) is 23.3 Å². The quantitative estimate of drug-likeness (QED) is 0.200. The van der Waals surface area contributed by atoms with E-state index in [1.807, 2.05) is 84.3 Å². The normalized spacial score (nSPS) is 11.3. The lowest BCUT2D eigenvalue weighted by Crippen LogP contribution is -2.09. The zero-order chi connectivity index (χ0) is 32.8. The van der Waals surface area contributed by atoms with Gasteiger partial charge in [-0.3, -0.25) is 9.59 Å². The maximum absolute atomic E-state index is 12.5. The number of nitrogens with zero attached hydrogens (tertiary/aromatic N) is 6. The summed E-state index contributed by atoms with van der Waals surface area (Å²) >= 11 is 9.21. The highest BCUT2D eigenvalue weighted by molar-refractivity contribution is 7.19. The van der Waals surface area contributed by atoms with E-state index in [9.17, 15) is 9.59 Å². The molecule has 6 heterocycles. The number of imidazole rings is 2. The van der Waals surface area contributed by atoms with Crippen LogP contribution in [0, 0.1) is 13.8 Å². The van der Waals surface area contributed by atoms with Gasteiger partial charge >= 0.3 is 0 Å². The van der Waals surface area contributed by atoms with Gasteiger partial charge < -0.3 is 19.1 Å². The van der Waals surface area contributed by atoms with Gasteiger partial charge in [0.2, 0.25) is 0 Å². The van der Waals surface area contributed by atoms with Crippen LogP contribution in [0.15, 0.2) is 88.3 Å². The second-order valence-corrected chi connectivity index (χ2v) is 13.5. The van der Waals surface area contributed by atoms with Gasteiger partial charge in [0.05, 0.1) is 11.0 Å². The van der Waals surface area contributed by atoms with Crippen LogP contribution in [0.5, 0.6) is 0 Å². The Morgan fingerprint density at radius 3 is 2.02 bits per heavy atom. The Kier molecular flexibility index (Phi) is 7.92. The van der Waals surface area contributed by atoms with Gasteiger partial charge in [-0.05, 0) is 25.5 Å². The third-order valence-electron chi connectivity index (χ3n) is 7.69. The maximum atomic E-state index is 12.5. The fourth-order valence-corrected chi connectivity index (χ4v) is 7.57. The average Bonchev–Trinajstić information content (AvgIpc) is 3.84. The summed E-state index contributed by atoms with van der Waals surface area (Å²) in [5, 5.41) is 2.63. The van der Waals surface area contributed by atoms with Crippen LogP contribution in [0.25, 0.3) is 66.0 Å². The van der Waals surface area contributed by atoms with Crippen molar-refractivity contribution in [1.29, 1.82) is 0 Å². The van der Waals surface area contributed by atoms with Crippen LogP contribution in [0.1, 0.15) is 10.4 Å². The maximum Gasteiger partial charge on any atom is 0.269 e. The summed E-state index contributed by atoms with van der Waals surface area (Å²) in [6, 6.07) is 15.8. The van der Waals surface area contributed by atoms with Crippen molar-refractivity contribution in [3.05, 3.63) is 115 Å². The van der Waals surface area contributed by atoms with E-state index in [0.29, 0.717) is 43.2 Å². The van der Waals surface area contributed by atoms with Crippen LogP contribution in [0.2, 0.25) is 5.02 Å². The molecule has 0 radical (unpaired) electrons. The average molecular weight is 679 g/mol. The monoisotopic (exact) mass is 678 g/mol. The number of rotatable bonds is 4. The molecule has 0 atom stereocenters. The highest BCUT2D eigenvalue weighted by atomic mass is 35.5. The summed E-state index contributed by atoms with van der Waals surface area (Å²) in [4.78, 5) is 49.5. The van der Waals surface area contributed by atoms with Crippen molar-refractivity contribution in [3.8, 4) is 45.6 Å². The molecule has 6 aromatic heterocycles. The summed E-state index contributed by atoms with van der Waals surface area (Å²) in [6.07, 6.45) is 7.00. The second-order valence-electron chi connectivity index (χ2n) is 10.9. The summed E-state index contributed by atoms with van der Waals surface area (Å²) in [5.74, 6) is 2.20. The van der Waals surface area contributed by atoms with E-state index < -0.39 is 0 Å². The standard InChI is InChI=1S/C17H13ClN4OS.C17H14N4OS/c1-9-12(10-5-3-4-6-11(10)18)13-14(24-9)17(23)21-15(20-13)16-19-7-8-22(16)2;1-10-4-3-5-11(8-10)12-9-23-14-13(12)19-15(20-17(14)22)16-18-6-7-21(16)2/h3-8H,1-2H3,(H,20,21,23);3-9H,1-2H3,(H,19,20,22). The summed E-state index contributed by atoms with van der Waals surface area (Å²) in [7, 11) is 3.74. The van der Waals surface area contributed by atoms with Crippen molar-refractivity contribution in [3.63, 3.8) is 0 Å². The van der Waals surface area contributed by atoms with E-state index in [1.165, 1.54) is 28.2 Å². The Balaban J connectivity index is 0.000000150. The second kappa shape index (κ2) is 12.2. The number of halogens is 1. The van der Waals surface area contributed by atoms with E-state index in [1.54, 1.807) is 12.4 Å². The zero-order valence-corrected chi connectivity index (χ0v) is 28.1. The minimum absolute atomic E-state index is 0.128. The first-order chi connectivity index (χ1) is 22.7. The first-order valence-electron chi connectivity index (χ1n) is 14.5. The molecule has 8 aromatic rings. The molecule has 0 unspecified atom stereocenters. The van der Waals surface area contributed by atoms with Crippen LogP contribution in [0.4, 0.5) is 0 Å². The molecular weight excluding hydrogens is 652 g/mol. The predicted octanol–water partition coefficient (Wildman–Crippen LogP) is 7.37. The van der Waals surface area contributed by atoms with E-state index in [4.69, 9.17) is 16.6 Å². The van der Waals surface area contributed by atoms with E-state index in [2.05, 4.69) is 44.0 Å². The number of fused-ring (bicyclic) bond motifs is 2. The molecule has 47 heavy (non-hydrogen) atoms. The SMILES string of the molecule is Cc1cccc(-c2csc3c(=O)[nH]c(-c4nccn4C)nc23)c1.Cc1sc2c(=O)[nH]c(-c3nccn3C)nc2c1-c1ccccc1Cl. The minimum Gasteiger partial charge on any atom is -0.331 e. The lowest BCUT2D eigenvalue weighted by atomic mass is 10.1. The number of hydrogen-bond donors (Lipinski definition) is 2. The van der Waals surface area contributed by atoms with Crippen LogP contribution in [0.3, 0.4) is 0 Å². The van der Waals surface area contributed by atoms with Crippen molar-refractivity contribution in [1.82, 2.24) is 39.0 Å². The molecule has 0 aliphatic heterocycles. The molecule has 10 nitrogen and oxygen atoms in total. The highest BCUT2D eigenvalue weighted by Crippen LogP contribution is 2.39. The number of aromatic nitrogens is 8. The fraction of sp³-hybridized carbons (Fsp3) is 0.118. The Labute approximate surface area is 281 Å². The van der Waals surface area contributed by atoms with Gasteiger partial charge in [-0.15, -0.1) is 22.7 Å². The number of benzene rings is 2. The van der Waals surface area contributed by atoms with Crippen molar-refractivity contribution in [2.45, 2.75) is 13.8 Å². The van der Waals surface area contributed by atoms with E-state index in [-0.39, 0.29) is 11.1 Å². The summed E-state index contributed by atoms with van der Waals surface area (Å²) < 4.78 is 4.89. The molecule has 2 aromatic carbocycles. The molecule has 0 spiro atoms. The Hall–Kier alpha value is -5.17. The summed E-state index contributed by atoms with van der Waals surface area (Å²) in [5.41, 5.74) is 6.11. The molecule has 2 N–H and O–H groups in total. The van der Waals surface area contributed by atoms with Gasteiger partial charge in [0.25, 0.3) is 11.1 Å². The molecule has 0 bridgehead atoms. The molecule has 13 heteroatoms. The van der Waals surface area contributed by atoms with Crippen molar-refractivity contribution in [2.75, 3.05) is 0 Å². The first kappa shape index (κ1) is 30.5. The molecule has 8 rings (SSSR count). The predicted molar refractivity (Wildman–Crippen MR) is 190 cm³/mol. The number of hydrogen-bond acceptors (Lipinski definition) is 8. The van der Waals surface area contributed by atoms with Crippen LogP contribution < -0.4 is 11.1 Å². The number of thiophene rings is 2. The largest absolute Gasteiger partial charge is 0.331 e. The summed E-state index contributed by atoms with van der Waals surface area (Å²) in [6.45, 7) is 4.03. The van der Waals surface area contributed by atoms with Crippen LogP contribution in [-0.2, 0) is 14.1 Å². The third kappa shape index (κ3) is 5.60. The molecular formula is C34H27ClN8O2S2. The van der Waals surface area contributed by atoms with E-state index in [0.717, 1.165) is 32.6 Å². The van der Waals surface area contributed by atoms with Gasteiger partial charge in [0.1, 0.15) is 9.40 Å². The Morgan fingerprint density at radius 2 is 1.40 bits per heavy atom. The Bertz CT molecular complexity index is 2550. The smallest absolute Gasteiger partial charge is 0.269 e. The number of H-pyrrole nitrogens is 2. The zero-order valence-electron chi connectivity index (χ0n) is 25.7. The topological polar surface area (TPSA) is 127 Å². The highest BCUT2D eigenvalue weighted by Gasteiger charge is 2.20. The number of aryl methyl sites for hydroxylation is 4. The lowest BCUT2D eigenvalue weighted by Gasteiger charge is -2.05. The van der Waals surface area contributed by atoms with Gasteiger partial charge in [-0.2, -0.15) is 0 Å². The van der Waals surface area contributed by atoms with Crippen LogP contribution >= 0.6 is 34.3 Å². The van der Waals surface area contributed by atoms with Crippen molar-refractivity contribution in [2.24, 2.45) is 14.1 Å².